The molecule has 0 saturated heterocycles. The van der Waals surface area contributed by atoms with Crippen LogP contribution in [0.1, 0.15) is 44.2 Å². The van der Waals surface area contributed by atoms with Gasteiger partial charge >= 0.3 is 5.97 Å². The number of hydrogen-bond donors (Lipinski definition) is 0. The Kier molecular flexibility index (Phi) is 6.43. The van der Waals surface area contributed by atoms with E-state index < -0.39 is 12.0 Å². The Morgan fingerprint density at radius 1 is 1.25 bits per heavy atom. The zero-order valence-electron chi connectivity index (χ0n) is 18.3. The van der Waals surface area contributed by atoms with Gasteiger partial charge in [-0.15, -0.1) is 11.3 Å². The van der Waals surface area contributed by atoms with Crippen LogP contribution >= 0.6 is 22.7 Å². The van der Waals surface area contributed by atoms with Crippen LogP contribution in [0, 0.1) is 0 Å². The van der Waals surface area contributed by atoms with Crippen LogP contribution in [0.2, 0.25) is 0 Å². The molecule has 1 aliphatic rings. The van der Waals surface area contributed by atoms with Gasteiger partial charge in [0.25, 0.3) is 5.56 Å². The molecular formula is C24H24N2O4S2. The summed E-state index contributed by atoms with van der Waals surface area (Å²) in [5.41, 5.74) is 1.69. The molecule has 0 fully saturated rings. The summed E-state index contributed by atoms with van der Waals surface area (Å²) in [4.78, 5) is 32.3. The third kappa shape index (κ3) is 4.33. The second kappa shape index (κ2) is 9.26. The summed E-state index contributed by atoms with van der Waals surface area (Å²) in [6.07, 6.45) is 1.94. The quantitative estimate of drug-likeness (QED) is 0.518. The molecule has 1 aromatic carbocycles. The van der Waals surface area contributed by atoms with Crippen molar-refractivity contribution in [3.05, 3.63) is 83.2 Å². The number of thiazole rings is 1. The first kappa shape index (κ1) is 22.2. The van der Waals surface area contributed by atoms with Crippen molar-refractivity contribution >= 4 is 34.7 Å². The molecule has 1 aliphatic heterocycles. The number of rotatable bonds is 6. The molecule has 0 N–H and O–H groups in total. The number of ether oxygens (including phenoxy) is 2. The van der Waals surface area contributed by atoms with Crippen molar-refractivity contribution in [2.75, 3.05) is 6.61 Å². The molecule has 0 bridgehead atoms. The van der Waals surface area contributed by atoms with Crippen LogP contribution in [0.15, 0.2) is 62.8 Å². The number of benzene rings is 1. The number of aromatic nitrogens is 1. The van der Waals surface area contributed by atoms with Crippen LogP contribution in [0.3, 0.4) is 0 Å². The lowest BCUT2D eigenvalue weighted by Gasteiger charge is -2.23. The van der Waals surface area contributed by atoms with Crippen LogP contribution in [0.4, 0.5) is 0 Å². The average molecular weight is 469 g/mol. The lowest BCUT2D eigenvalue weighted by molar-refractivity contribution is -0.139. The maximum atomic E-state index is 13.5. The summed E-state index contributed by atoms with van der Waals surface area (Å²) >= 11 is 2.82. The number of thiophene rings is 1. The fourth-order valence-electron chi connectivity index (χ4n) is 3.57. The van der Waals surface area contributed by atoms with Gasteiger partial charge in [0.1, 0.15) is 11.8 Å². The minimum absolute atomic E-state index is 0.0959. The molecule has 0 aliphatic carbocycles. The van der Waals surface area contributed by atoms with E-state index in [-0.39, 0.29) is 18.3 Å². The molecule has 6 nitrogen and oxygen atoms in total. The summed E-state index contributed by atoms with van der Waals surface area (Å²) in [7, 11) is 0. The normalized spacial score (nSPS) is 16.2. The Hall–Kier alpha value is -2.97. The van der Waals surface area contributed by atoms with Gasteiger partial charge in [0.05, 0.1) is 28.5 Å². The third-order valence-corrected chi connectivity index (χ3v) is 6.79. The largest absolute Gasteiger partial charge is 0.491 e. The number of nitrogens with zero attached hydrogens (tertiary/aromatic N) is 2. The summed E-state index contributed by atoms with van der Waals surface area (Å²) in [6.45, 7) is 7.77. The lowest BCUT2D eigenvalue weighted by Crippen LogP contribution is -2.39. The number of carbonyl (C=O) groups is 1. The monoisotopic (exact) mass is 468 g/mol. The number of carbonyl (C=O) groups excluding carboxylic acids is 1. The van der Waals surface area contributed by atoms with Crippen molar-refractivity contribution in [2.24, 2.45) is 4.99 Å². The van der Waals surface area contributed by atoms with Crippen molar-refractivity contribution in [1.82, 2.24) is 4.57 Å². The highest BCUT2D eigenvalue weighted by Crippen LogP contribution is 2.33. The average Bonchev–Trinajstić information content (AvgIpc) is 3.37. The van der Waals surface area contributed by atoms with Gasteiger partial charge in [0, 0.05) is 4.88 Å². The van der Waals surface area contributed by atoms with E-state index >= 15 is 0 Å². The summed E-state index contributed by atoms with van der Waals surface area (Å²) < 4.78 is 13.1. The Morgan fingerprint density at radius 3 is 2.62 bits per heavy atom. The number of esters is 1. The molecule has 2 aromatic heterocycles. The van der Waals surface area contributed by atoms with Crippen LogP contribution in [-0.4, -0.2) is 23.2 Å². The number of allylic oxidation sites excluding steroid dienone is 1. The lowest BCUT2D eigenvalue weighted by atomic mass is 10.0. The molecule has 3 aromatic rings. The molecular weight excluding hydrogens is 444 g/mol. The van der Waals surface area contributed by atoms with Gasteiger partial charge in [-0.25, -0.2) is 9.79 Å². The van der Waals surface area contributed by atoms with Gasteiger partial charge in [-0.2, -0.15) is 0 Å². The number of hydrogen-bond acceptors (Lipinski definition) is 7. The maximum absolute atomic E-state index is 13.5. The third-order valence-electron chi connectivity index (χ3n) is 4.88. The molecule has 0 unspecified atom stereocenters. The summed E-state index contributed by atoms with van der Waals surface area (Å²) in [5.74, 6) is 0.341. The second-order valence-electron chi connectivity index (χ2n) is 7.55. The van der Waals surface area contributed by atoms with Gasteiger partial charge in [-0.3, -0.25) is 9.36 Å². The van der Waals surface area contributed by atoms with Gasteiger partial charge < -0.3 is 9.47 Å². The fourth-order valence-corrected chi connectivity index (χ4v) is 5.44. The van der Waals surface area contributed by atoms with Gasteiger partial charge in [0.15, 0.2) is 4.80 Å². The van der Waals surface area contributed by atoms with E-state index in [4.69, 9.17) is 9.47 Å². The van der Waals surface area contributed by atoms with E-state index in [9.17, 15) is 9.59 Å². The molecule has 0 spiro atoms. The Balaban J connectivity index is 1.82. The van der Waals surface area contributed by atoms with Crippen LogP contribution in [0.5, 0.6) is 5.75 Å². The first-order valence-electron chi connectivity index (χ1n) is 10.4. The van der Waals surface area contributed by atoms with Crippen molar-refractivity contribution in [1.29, 1.82) is 0 Å². The van der Waals surface area contributed by atoms with E-state index in [2.05, 4.69) is 4.99 Å². The van der Waals surface area contributed by atoms with Crippen molar-refractivity contribution < 1.29 is 14.3 Å². The van der Waals surface area contributed by atoms with Gasteiger partial charge in [-0.05, 0) is 62.9 Å². The first-order chi connectivity index (χ1) is 15.4. The smallest absolute Gasteiger partial charge is 0.338 e. The Morgan fingerprint density at radius 2 is 2.00 bits per heavy atom. The van der Waals surface area contributed by atoms with Crippen molar-refractivity contribution in [3.63, 3.8) is 0 Å². The van der Waals surface area contributed by atoms with Crippen molar-refractivity contribution in [2.45, 2.75) is 39.8 Å². The molecule has 4 rings (SSSR count). The van der Waals surface area contributed by atoms with Crippen LogP contribution < -0.4 is 19.6 Å². The molecule has 32 heavy (non-hydrogen) atoms. The maximum Gasteiger partial charge on any atom is 0.338 e. The Labute approximate surface area is 193 Å². The summed E-state index contributed by atoms with van der Waals surface area (Å²) in [6, 6.07) is 10.9. The first-order valence-corrected chi connectivity index (χ1v) is 12.1. The minimum Gasteiger partial charge on any atom is -0.491 e. The fraction of sp³-hybridized carbons (Fsp3) is 0.292. The minimum atomic E-state index is -0.547. The predicted octanol–water partition coefficient (Wildman–Crippen LogP) is 3.65. The Bertz CT molecular complexity index is 1330. The highest BCUT2D eigenvalue weighted by atomic mass is 32.1. The van der Waals surface area contributed by atoms with Crippen molar-refractivity contribution in [3.8, 4) is 5.75 Å². The molecule has 3 heterocycles. The van der Waals surface area contributed by atoms with Gasteiger partial charge in [-0.1, -0.05) is 29.5 Å². The van der Waals surface area contributed by atoms with Crippen LogP contribution in [0.25, 0.3) is 6.08 Å². The molecule has 166 valence electrons. The zero-order chi connectivity index (χ0) is 22.8. The second-order valence-corrected chi connectivity index (χ2v) is 9.54. The topological polar surface area (TPSA) is 69.9 Å². The van der Waals surface area contributed by atoms with E-state index in [1.165, 1.54) is 22.7 Å². The van der Waals surface area contributed by atoms with E-state index in [0.29, 0.717) is 20.6 Å². The van der Waals surface area contributed by atoms with E-state index in [1.807, 2.05) is 61.7 Å². The zero-order valence-corrected chi connectivity index (χ0v) is 20.0. The molecule has 0 amide bonds. The predicted molar refractivity (Wildman–Crippen MR) is 127 cm³/mol. The standard InChI is InChI=1S/C24H24N2O4S2/c1-5-29-23(28)20-15(4)25-24-26(21(20)18-7-6-12-31-18)22(27)19(32-24)13-16-8-10-17(11-9-16)30-14(2)3/h6-14,21H,5H2,1-4H3/b19-13-/t21-/m0/s1. The van der Waals surface area contributed by atoms with E-state index in [0.717, 1.165) is 16.2 Å². The molecule has 1 atom stereocenters. The molecule has 0 radical (unpaired) electrons. The highest BCUT2D eigenvalue weighted by Gasteiger charge is 2.33. The van der Waals surface area contributed by atoms with Crippen LogP contribution in [-0.2, 0) is 9.53 Å². The SMILES string of the molecule is CCOC(=O)C1=C(C)N=c2s/c(=C\c3ccc(OC(C)C)cc3)c(=O)n2[C@H]1c1cccs1. The summed E-state index contributed by atoms with van der Waals surface area (Å²) in [5, 5.41) is 1.93. The number of fused-ring (bicyclic) bond motifs is 1. The van der Waals surface area contributed by atoms with Gasteiger partial charge in [0.2, 0.25) is 0 Å². The molecule has 8 heteroatoms. The molecule has 0 saturated carbocycles. The van der Waals surface area contributed by atoms with E-state index in [1.54, 1.807) is 18.4 Å². The highest BCUT2D eigenvalue weighted by molar-refractivity contribution is 7.10.